The van der Waals surface area contributed by atoms with E-state index in [1.165, 1.54) is 0 Å². The highest BCUT2D eigenvalue weighted by Gasteiger charge is 2.59. The molecule has 0 N–H and O–H groups in total. The van der Waals surface area contributed by atoms with Crippen LogP contribution in [0, 0.1) is 16.7 Å². The zero-order chi connectivity index (χ0) is 11.9. The van der Waals surface area contributed by atoms with Crippen LogP contribution in [0.15, 0.2) is 33.6 Å². The van der Waals surface area contributed by atoms with E-state index in [9.17, 15) is 5.26 Å². The number of hydrogen-bond donors (Lipinski definition) is 0. The molecule has 1 aromatic carbocycles. The molecule has 0 aromatic heterocycles. The molecule has 1 heterocycles. The van der Waals surface area contributed by atoms with Gasteiger partial charge in [-0.2, -0.15) is 5.26 Å². The van der Waals surface area contributed by atoms with Crippen molar-refractivity contribution in [3.8, 4) is 6.07 Å². The van der Waals surface area contributed by atoms with Crippen LogP contribution in [0.5, 0.6) is 0 Å². The second-order valence-electron chi connectivity index (χ2n) is 4.98. The second kappa shape index (κ2) is 4.01. The Balaban J connectivity index is 1.76. The number of hydrogen-bond acceptors (Lipinski definition) is 3. The summed E-state index contributed by atoms with van der Waals surface area (Å²) in [6, 6.07) is 10.6. The number of ether oxygens (including phenoxy) is 1. The number of nitrogens with zero attached hydrogens (tertiary/aromatic N) is 1. The van der Waals surface area contributed by atoms with Crippen LogP contribution >= 0.6 is 27.7 Å². The van der Waals surface area contributed by atoms with Gasteiger partial charge in [0.15, 0.2) is 0 Å². The van der Waals surface area contributed by atoms with Crippen molar-refractivity contribution in [1.82, 2.24) is 0 Å². The third-order valence-electron chi connectivity index (χ3n) is 3.48. The molecule has 1 saturated heterocycles. The van der Waals surface area contributed by atoms with Gasteiger partial charge in [0.2, 0.25) is 0 Å². The fraction of sp³-hybridized carbons (Fsp3) is 0.462. The SMILES string of the molecule is N#CC1(Sc2ccccc2Br)CC2(COC2)C1. The third kappa shape index (κ3) is 1.91. The average molecular weight is 310 g/mol. The van der Waals surface area contributed by atoms with Crippen LogP contribution in [-0.2, 0) is 4.74 Å². The van der Waals surface area contributed by atoms with Crippen molar-refractivity contribution in [3.05, 3.63) is 28.7 Å². The molecule has 0 bridgehead atoms. The van der Waals surface area contributed by atoms with Crippen LogP contribution in [0.4, 0.5) is 0 Å². The number of rotatable bonds is 2. The molecule has 0 amide bonds. The van der Waals surface area contributed by atoms with Gasteiger partial charge >= 0.3 is 0 Å². The Morgan fingerprint density at radius 2 is 2.00 bits per heavy atom. The Morgan fingerprint density at radius 3 is 2.53 bits per heavy atom. The van der Waals surface area contributed by atoms with Crippen molar-refractivity contribution in [3.63, 3.8) is 0 Å². The maximum atomic E-state index is 9.41. The molecular formula is C13H12BrNOS. The molecular weight excluding hydrogens is 298 g/mol. The molecule has 1 saturated carbocycles. The fourth-order valence-corrected chi connectivity index (χ4v) is 4.73. The molecule has 0 atom stereocenters. The lowest BCUT2D eigenvalue weighted by Crippen LogP contribution is -2.59. The van der Waals surface area contributed by atoms with Crippen LogP contribution in [0.25, 0.3) is 0 Å². The Hall–Kier alpha value is -0.500. The van der Waals surface area contributed by atoms with E-state index in [-0.39, 0.29) is 4.75 Å². The third-order valence-corrected chi connectivity index (χ3v) is 5.78. The smallest absolute Gasteiger partial charge is 0.108 e. The van der Waals surface area contributed by atoms with E-state index >= 15 is 0 Å². The van der Waals surface area contributed by atoms with Crippen LogP contribution in [0.3, 0.4) is 0 Å². The highest BCUT2D eigenvalue weighted by Crippen LogP contribution is 2.60. The van der Waals surface area contributed by atoms with Gasteiger partial charge in [0.05, 0.1) is 19.3 Å². The zero-order valence-electron chi connectivity index (χ0n) is 9.28. The van der Waals surface area contributed by atoms with Gasteiger partial charge in [-0.3, -0.25) is 0 Å². The Labute approximate surface area is 113 Å². The van der Waals surface area contributed by atoms with Crippen LogP contribution in [0.2, 0.25) is 0 Å². The number of benzene rings is 1. The number of thioether (sulfide) groups is 1. The molecule has 1 aliphatic carbocycles. The largest absolute Gasteiger partial charge is 0.380 e. The minimum absolute atomic E-state index is 0.242. The van der Waals surface area contributed by atoms with Crippen molar-refractivity contribution < 1.29 is 4.74 Å². The van der Waals surface area contributed by atoms with E-state index in [0.717, 1.165) is 35.4 Å². The lowest BCUT2D eigenvalue weighted by Gasteiger charge is -2.56. The molecule has 2 nitrogen and oxygen atoms in total. The minimum atomic E-state index is -0.242. The topological polar surface area (TPSA) is 33.0 Å². The normalized spacial score (nSPS) is 23.5. The summed E-state index contributed by atoms with van der Waals surface area (Å²) in [6.07, 6.45) is 1.92. The monoisotopic (exact) mass is 309 g/mol. The Morgan fingerprint density at radius 1 is 1.29 bits per heavy atom. The maximum Gasteiger partial charge on any atom is 0.108 e. The van der Waals surface area contributed by atoms with Gasteiger partial charge in [-0.05, 0) is 40.9 Å². The summed E-state index contributed by atoms with van der Waals surface area (Å²) >= 11 is 5.23. The zero-order valence-corrected chi connectivity index (χ0v) is 11.7. The van der Waals surface area contributed by atoms with E-state index in [1.54, 1.807) is 11.8 Å². The molecule has 88 valence electrons. The van der Waals surface area contributed by atoms with E-state index in [1.807, 2.05) is 18.2 Å². The molecule has 2 fully saturated rings. The summed E-state index contributed by atoms with van der Waals surface area (Å²) in [7, 11) is 0. The van der Waals surface area contributed by atoms with Crippen LogP contribution < -0.4 is 0 Å². The first kappa shape index (κ1) is 11.6. The molecule has 1 aromatic rings. The molecule has 17 heavy (non-hydrogen) atoms. The van der Waals surface area contributed by atoms with Gasteiger partial charge in [0, 0.05) is 14.8 Å². The molecule has 1 spiro atoms. The van der Waals surface area contributed by atoms with Gasteiger partial charge in [0.25, 0.3) is 0 Å². The van der Waals surface area contributed by atoms with Crippen molar-refractivity contribution in [1.29, 1.82) is 5.26 Å². The standard InChI is InChI=1S/C13H12BrNOS/c14-10-3-1-2-4-11(10)17-13(7-15)5-12(6-13)8-16-9-12/h1-4H,5-6,8-9H2. The van der Waals surface area contributed by atoms with Crippen molar-refractivity contribution >= 4 is 27.7 Å². The second-order valence-corrected chi connectivity index (χ2v) is 7.26. The summed E-state index contributed by atoms with van der Waals surface area (Å²) in [6.45, 7) is 1.68. The molecule has 2 aliphatic rings. The Bertz CT molecular complexity index is 484. The average Bonchev–Trinajstić information content (AvgIpc) is 2.23. The number of halogens is 1. The van der Waals surface area contributed by atoms with Crippen LogP contribution in [-0.4, -0.2) is 18.0 Å². The first-order chi connectivity index (χ1) is 8.17. The molecule has 0 unspecified atom stereocenters. The van der Waals surface area contributed by atoms with Crippen molar-refractivity contribution in [2.24, 2.45) is 5.41 Å². The van der Waals surface area contributed by atoms with Crippen molar-refractivity contribution in [2.75, 3.05) is 13.2 Å². The quantitative estimate of drug-likeness (QED) is 0.836. The van der Waals surface area contributed by atoms with Crippen LogP contribution in [0.1, 0.15) is 12.8 Å². The summed E-state index contributed by atoms with van der Waals surface area (Å²) in [5, 5.41) is 9.41. The molecule has 3 rings (SSSR count). The molecule has 4 heteroatoms. The molecule has 1 aliphatic heterocycles. The van der Waals surface area contributed by atoms with Gasteiger partial charge in [0.1, 0.15) is 4.75 Å². The highest BCUT2D eigenvalue weighted by molar-refractivity contribution is 9.10. The summed E-state index contributed by atoms with van der Waals surface area (Å²) < 4.78 is 6.10. The lowest BCUT2D eigenvalue weighted by atomic mass is 9.60. The van der Waals surface area contributed by atoms with Gasteiger partial charge in [-0.15, -0.1) is 11.8 Å². The first-order valence-electron chi connectivity index (χ1n) is 5.60. The van der Waals surface area contributed by atoms with E-state index in [0.29, 0.717) is 5.41 Å². The van der Waals surface area contributed by atoms with Gasteiger partial charge < -0.3 is 4.74 Å². The van der Waals surface area contributed by atoms with Crippen molar-refractivity contribution in [2.45, 2.75) is 22.5 Å². The highest BCUT2D eigenvalue weighted by atomic mass is 79.9. The van der Waals surface area contributed by atoms with E-state index in [4.69, 9.17) is 4.74 Å². The van der Waals surface area contributed by atoms with E-state index in [2.05, 4.69) is 28.1 Å². The minimum Gasteiger partial charge on any atom is -0.380 e. The summed E-state index contributed by atoms with van der Waals surface area (Å²) in [5.74, 6) is 0. The van der Waals surface area contributed by atoms with E-state index < -0.39 is 0 Å². The van der Waals surface area contributed by atoms with Gasteiger partial charge in [-0.25, -0.2) is 0 Å². The predicted octanol–water partition coefficient (Wildman–Crippen LogP) is 3.61. The lowest BCUT2D eigenvalue weighted by molar-refractivity contribution is -0.161. The molecule has 0 radical (unpaired) electrons. The summed E-state index contributed by atoms with van der Waals surface area (Å²) in [5.41, 5.74) is 0.323. The summed E-state index contributed by atoms with van der Waals surface area (Å²) in [4.78, 5) is 1.16. The number of nitriles is 1. The fourth-order valence-electron chi connectivity index (χ4n) is 2.67. The predicted molar refractivity (Wildman–Crippen MR) is 70.8 cm³/mol. The van der Waals surface area contributed by atoms with Gasteiger partial charge in [-0.1, -0.05) is 12.1 Å². The Kier molecular flexibility index (Phi) is 2.73. The first-order valence-corrected chi connectivity index (χ1v) is 7.21. The maximum absolute atomic E-state index is 9.41.